The average molecular weight is 317 g/mol. The molecule has 1 aromatic heterocycles. The average Bonchev–Trinajstić information content (AvgIpc) is 2.64. The summed E-state index contributed by atoms with van der Waals surface area (Å²) >= 11 is 5.31. The quantitative estimate of drug-likeness (QED) is 0.862. The molecule has 1 fully saturated rings. The summed E-state index contributed by atoms with van der Waals surface area (Å²) in [5, 5.41) is 12.9. The van der Waals surface area contributed by atoms with Crippen LogP contribution in [0.25, 0.3) is 0 Å². The highest BCUT2D eigenvalue weighted by molar-refractivity contribution is 9.10. The Hall–Kier alpha value is 0.140. The smallest absolute Gasteiger partial charge is 0.0699 e. The van der Waals surface area contributed by atoms with Crippen LogP contribution in [0.15, 0.2) is 15.9 Å². The zero-order valence-corrected chi connectivity index (χ0v) is 13.0. The molecule has 1 aromatic rings. The predicted molar refractivity (Wildman–Crippen MR) is 77.5 cm³/mol. The lowest BCUT2D eigenvalue weighted by molar-refractivity contribution is -0.0234. The van der Waals surface area contributed by atoms with E-state index in [2.05, 4.69) is 41.2 Å². The van der Waals surface area contributed by atoms with E-state index in [1.54, 1.807) is 11.3 Å². The fourth-order valence-electron chi connectivity index (χ4n) is 2.87. The second kappa shape index (κ2) is 5.41. The highest BCUT2D eigenvalue weighted by Gasteiger charge is 2.36. The van der Waals surface area contributed by atoms with Crippen molar-refractivity contribution < 1.29 is 5.11 Å². The molecule has 1 aliphatic rings. The van der Waals surface area contributed by atoms with E-state index in [1.807, 2.05) is 0 Å². The van der Waals surface area contributed by atoms with Crippen molar-refractivity contribution in [2.24, 2.45) is 11.8 Å². The monoisotopic (exact) mass is 316 g/mol. The lowest BCUT2D eigenvalue weighted by Crippen LogP contribution is -2.38. The lowest BCUT2D eigenvalue weighted by atomic mass is 9.72. The molecule has 2 atom stereocenters. The van der Waals surface area contributed by atoms with Gasteiger partial charge in [0.25, 0.3) is 0 Å². The Morgan fingerprint density at radius 3 is 2.94 bits per heavy atom. The molecule has 1 nitrogen and oxygen atoms in total. The minimum atomic E-state index is -0.472. The Kier molecular flexibility index (Phi) is 4.32. The Morgan fingerprint density at radius 2 is 2.35 bits per heavy atom. The van der Waals surface area contributed by atoms with Gasteiger partial charge in [-0.05, 0) is 58.5 Å². The van der Waals surface area contributed by atoms with E-state index in [4.69, 9.17) is 0 Å². The fourth-order valence-corrected chi connectivity index (χ4v) is 4.49. The molecule has 1 heterocycles. The number of hydrogen-bond donors (Lipinski definition) is 1. The fraction of sp³-hybridized carbons (Fsp3) is 0.714. The first-order valence-corrected chi connectivity index (χ1v) is 8.12. The third-order valence-electron chi connectivity index (χ3n) is 3.98. The van der Waals surface area contributed by atoms with Crippen LogP contribution in [0.4, 0.5) is 0 Å². The lowest BCUT2D eigenvalue weighted by Gasteiger charge is -2.38. The molecule has 0 bridgehead atoms. The van der Waals surface area contributed by atoms with Crippen molar-refractivity contribution in [3.05, 3.63) is 20.8 Å². The van der Waals surface area contributed by atoms with Gasteiger partial charge in [0.2, 0.25) is 0 Å². The summed E-state index contributed by atoms with van der Waals surface area (Å²) in [7, 11) is 0. The standard InChI is InChI=1S/C14H21BrOS/c1-10(2)11-4-3-6-14(16,8-11)9-13-12(15)5-7-17-13/h5,7,10-11,16H,3-4,6,8-9H2,1-2H3. The van der Waals surface area contributed by atoms with Crippen molar-refractivity contribution in [1.82, 2.24) is 0 Å². The zero-order chi connectivity index (χ0) is 12.5. The Labute approximate surface area is 116 Å². The maximum Gasteiger partial charge on any atom is 0.0699 e. The van der Waals surface area contributed by atoms with Crippen molar-refractivity contribution in [2.75, 3.05) is 0 Å². The number of aliphatic hydroxyl groups is 1. The molecule has 96 valence electrons. The molecular weight excluding hydrogens is 296 g/mol. The van der Waals surface area contributed by atoms with E-state index in [9.17, 15) is 5.11 Å². The Morgan fingerprint density at radius 1 is 1.59 bits per heavy atom. The first kappa shape index (κ1) is 13.6. The number of rotatable bonds is 3. The molecule has 0 aliphatic heterocycles. The molecule has 1 aliphatic carbocycles. The summed E-state index contributed by atoms with van der Waals surface area (Å²) in [5.74, 6) is 1.38. The van der Waals surface area contributed by atoms with Gasteiger partial charge < -0.3 is 5.11 Å². The third-order valence-corrected chi connectivity index (χ3v) is 5.91. The van der Waals surface area contributed by atoms with E-state index in [0.717, 1.165) is 23.7 Å². The summed E-state index contributed by atoms with van der Waals surface area (Å²) in [6.07, 6.45) is 5.19. The van der Waals surface area contributed by atoms with Gasteiger partial charge in [-0.3, -0.25) is 0 Å². The van der Waals surface area contributed by atoms with Gasteiger partial charge in [0.05, 0.1) is 5.60 Å². The normalized spacial score (nSPS) is 29.8. The second-order valence-electron chi connectivity index (χ2n) is 5.69. The molecule has 2 rings (SSSR count). The van der Waals surface area contributed by atoms with Gasteiger partial charge in [-0.1, -0.05) is 20.3 Å². The van der Waals surface area contributed by atoms with Gasteiger partial charge in [-0.2, -0.15) is 0 Å². The summed E-state index contributed by atoms with van der Waals surface area (Å²) in [6, 6.07) is 2.08. The molecule has 0 saturated heterocycles. The molecule has 17 heavy (non-hydrogen) atoms. The third kappa shape index (κ3) is 3.33. The molecular formula is C14H21BrOS. The van der Waals surface area contributed by atoms with Crippen LogP contribution in [0.1, 0.15) is 44.4 Å². The highest BCUT2D eigenvalue weighted by Crippen LogP contribution is 2.40. The van der Waals surface area contributed by atoms with Crippen molar-refractivity contribution in [1.29, 1.82) is 0 Å². The van der Waals surface area contributed by atoms with Crippen molar-refractivity contribution >= 4 is 27.3 Å². The van der Waals surface area contributed by atoms with E-state index in [-0.39, 0.29) is 0 Å². The van der Waals surface area contributed by atoms with Crippen LogP contribution in [0.5, 0.6) is 0 Å². The largest absolute Gasteiger partial charge is 0.390 e. The van der Waals surface area contributed by atoms with Gasteiger partial charge in [0, 0.05) is 15.8 Å². The van der Waals surface area contributed by atoms with E-state index in [0.29, 0.717) is 11.8 Å². The number of thiophene rings is 1. The minimum Gasteiger partial charge on any atom is -0.390 e. The minimum absolute atomic E-state index is 0.472. The molecule has 1 N–H and O–H groups in total. The molecule has 0 aromatic carbocycles. The molecule has 0 radical (unpaired) electrons. The number of hydrogen-bond acceptors (Lipinski definition) is 2. The molecule has 3 heteroatoms. The molecule has 2 unspecified atom stereocenters. The van der Waals surface area contributed by atoms with Gasteiger partial charge >= 0.3 is 0 Å². The Balaban J connectivity index is 2.06. The van der Waals surface area contributed by atoms with Crippen LogP contribution in [-0.4, -0.2) is 10.7 Å². The van der Waals surface area contributed by atoms with E-state index >= 15 is 0 Å². The topological polar surface area (TPSA) is 20.2 Å². The van der Waals surface area contributed by atoms with Crippen LogP contribution in [0.2, 0.25) is 0 Å². The van der Waals surface area contributed by atoms with Crippen LogP contribution in [-0.2, 0) is 6.42 Å². The summed E-state index contributed by atoms with van der Waals surface area (Å²) in [5.41, 5.74) is -0.472. The van der Waals surface area contributed by atoms with Gasteiger partial charge in [0.1, 0.15) is 0 Å². The SMILES string of the molecule is CC(C)C1CCCC(O)(Cc2sccc2Br)C1. The molecule has 0 spiro atoms. The van der Waals surface area contributed by atoms with Crippen molar-refractivity contribution in [3.63, 3.8) is 0 Å². The summed E-state index contributed by atoms with van der Waals surface area (Å²) in [4.78, 5) is 1.29. The van der Waals surface area contributed by atoms with Crippen molar-refractivity contribution in [2.45, 2.75) is 51.6 Å². The predicted octanol–water partition coefficient (Wildman–Crippen LogP) is 4.63. The highest BCUT2D eigenvalue weighted by atomic mass is 79.9. The second-order valence-corrected chi connectivity index (χ2v) is 7.55. The van der Waals surface area contributed by atoms with E-state index < -0.39 is 5.60 Å². The first-order valence-electron chi connectivity index (χ1n) is 6.44. The van der Waals surface area contributed by atoms with Crippen molar-refractivity contribution in [3.8, 4) is 0 Å². The Bertz CT molecular complexity index is 374. The molecule has 1 saturated carbocycles. The van der Waals surface area contributed by atoms with Gasteiger partial charge in [-0.25, -0.2) is 0 Å². The van der Waals surface area contributed by atoms with Gasteiger partial charge in [0.15, 0.2) is 0 Å². The van der Waals surface area contributed by atoms with Crippen LogP contribution in [0.3, 0.4) is 0 Å². The first-order chi connectivity index (χ1) is 8.00. The molecule has 0 amide bonds. The maximum atomic E-state index is 10.8. The van der Waals surface area contributed by atoms with Crippen LogP contribution in [0, 0.1) is 11.8 Å². The summed E-state index contributed by atoms with van der Waals surface area (Å²) < 4.78 is 1.16. The van der Waals surface area contributed by atoms with E-state index in [1.165, 1.54) is 17.7 Å². The number of halogens is 1. The maximum absolute atomic E-state index is 10.8. The van der Waals surface area contributed by atoms with Crippen LogP contribution < -0.4 is 0 Å². The zero-order valence-electron chi connectivity index (χ0n) is 10.6. The summed E-state index contributed by atoms with van der Waals surface area (Å²) in [6.45, 7) is 4.55. The van der Waals surface area contributed by atoms with Gasteiger partial charge in [-0.15, -0.1) is 11.3 Å². The van der Waals surface area contributed by atoms with Crippen LogP contribution >= 0.6 is 27.3 Å².